The number of alkyl halides is 1. The molecule has 0 aromatic carbocycles. The van der Waals surface area contributed by atoms with Gasteiger partial charge in [0.2, 0.25) is 0 Å². The Labute approximate surface area is 71.5 Å². The summed E-state index contributed by atoms with van der Waals surface area (Å²) in [7, 11) is 0. The summed E-state index contributed by atoms with van der Waals surface area (Å²) in [5, 5.41) is 0. The average Bonchev–Trinajstić information content (AvgIpc) is 1.79. The van der Waals surface area contributed by atoms with E-state index < -0.39 is 0 Å². The Balaban J connectivity index is 2.15. The largest absolute Gasteiger partial charge is 0.0861 e. The van der Waals surface area contributed by atoms with Crippen molar-refractivity contribution in [3.05, 3.63) is 0 Å². The molecule has 1 unspecified atom stereocenters. The molecule has 1 heteroatoms. The molecule has 0 aromatic rings. The molecular formula is C8H15I. The van der Waals surface area contributed by atoms with Crippen LogP contribution in [0.1, 0.15) is 26.7 Å². The highest BCUT2D eigenvalue weighted by Crippen LogP contribution is 2.38. The zero-order valence-electron chi connectivity index (χ0n) is 6.23. The van der Waals surface area contributed by atoms with Crippen molar-refractivity contribution in [2.75, 3.05) is 4.43 Å². The van der Waals surface area contributed by atoms with Gasteiger partial charge in [-0.2, -0.15) is 0 Å². The topological polar surface area (TPSA) is 0 Å². The van der Waals surface area contributed by atoms with E-state index in [0.717, 1.165) is 17.8 Å². The molecule has 0 heterocycles. The zero-order valence-corrected chi connectivity index (χ0v) is 8.39. The third-order valence-corrected chi connectivity index (χ3v) is 3.85. The van der Waals surface area contributed by atoms with Crippen molar-refractivity contribution < 1.29 is 0 Å². The molecule has 1 rings (SSSR count). The average molecular weight is 238 g/mol. The highest BCUT2D eigenvalue weighted by molar-refractivity contribution is 14.1. The maximum absolute atomic E-state index is 2.49. The fourth-order valence-electron chi connectivity index (χ4n) is 1.56. The third-order valence-electron chi connectivity index (χ3n) is 2.46. The van der Waals surface area contributed by atoms with Gasteiger partial charge in [0.1, 0.15) is 0 Å². The molecule has 1 atom stereocenters. The lowest BCUT2D eigenvalue weighted by atomic mass is 9.70. The number of hydrogen-bond acceptors (Lipinski definition) is 0. The van der Waals surface area contributed by atoms with E-state index in [9.17, 15) is 0 Å². The molecule has 1 aliphatic rings. The normalized spacial score (nSPS) is 37.7. The van der Waals surface area contributed by atoms with Crippen molar-refractivity contribution >= 4 is 22.6 Å². The van der Waals surface area contributed by atoms with Gasteiger partial charge in [-0.3, -0.25) is 0 Å². The van der Waals surface area contributed by atoms with E-state index in [0.29, 0.717) is 0 Å². The minimum Gasteiger partial charge on any atom is -0.0861 e. The summed E-state index contributed by atoms with van der Waals surface area (Å²) in [5.41, 5.74) is 0. The highest BCUT2D eigenvalue weighted by Gasteiger charge is 2.28. The second-order valence-corrected chi connectivity index (χ2v) is 4.35. The van der Waals surface area contributed by atoms with Gasteiger partial charge < -0.3 is 0 Å². The molecule has 1 fully saturated rings. The Bertz CT molecular complexity index is 84.6. The van der Waals surface area contributed by atoms with Gasteiger partial charge in [-0.15, -0.1) is 0 Å². The number of hydrogen-bond donors (Lipinski definition) is 0. The number of halogens is 1. The van der Waals surface area contributed by atoms with E-state index in [1.54, 1.807) is 0 Å². The Hall–Kier alpha value is 0.730. The first-order valence-electron chi connectivity index (χ1n) is 3.80. The van der Waals surface area contributed by atoms with Crippen LogP contribution in [0.25, 0.3) is 0 Å². The predicted molar refractivity (Wildman–Crippen MR) is 49.9 cm³/mol. The van der Waals surface area contributed by atoms with Gasteiger partial charge in [-0.25, -0.2) is 0 Å². The lowest BCUT2D eigenvalue weighted by Gasteiger charge is -2.36. The van der Waals surface area contributed by atoms with Gasteiger partial charge in [-0.1, -0.05) is 36.4 Å². The van der Waals surface area contributed by atoms with Crippen molar-refractivity contribution in [1.29, 1.82) is 0 Å². The first-order chi connectivity index (χ1) is 4.24. The summed E-state index contributed by atoms with van der Waals surface area (Å²) in [6.45, 7) is 4.74. The van der Waals surface area contributed by atoms with E-state index in [-0.39, 0.29) is 0 Å². The molecule has 1 aliphatic carbocycles. The summed E-state index contributed by atoms with van der Waals surface area (Å²) in [6, 6.07) is 0. The first-order valence-corrected chi connectivity index (χ1v) is 5.32. The van der Waals surface area contributed by atoms with Crippen LogP contribution >= 0.6 is 22.6 Å². The second kappa shape index (κ2) is 3.22. The van der Waals surface area contributed by atoms with Crippen molar-refractivity contribution in [2.45, 2.75) is 26.7 Å². The highest BCUT2D eigenvalue weighted by atomic mass is 127. The molecule has 0 N–H and O–H groups in total. The monoisotopic (exact) mass is 238 g/mol. The summed E-state index contributed by atoms with van der Waals surface area (Å²) in [6.07, 6.45) is 2.98. The number of rotatable bonds is 2. The van der Waals surface area contributed by atoms with Crippen molar-refractivity contribution in [1.82, 2.24) is 0 Å². The van der Waals surface area contributed by atoms with E-state index in [1.807, 2.05) is 0 Å². The third kappa shape index (κ3) is 1.82. The van der Waals surface area contributed by atoms with Crippen molar-refractivity contribution in [3.63, 3.8) is 0 Å². The molecule has 9 heavy (non-hydrogen) atoms. The Kier molecular flexibility index (Phi) is 2.80. The summed E-state index contributed by atoms with van der Waals surface area (Å²) >= 11 is 2.49. The van der Waals surface area contributed by atoms with Crippen LogP contribution in [0.2, 0.25) is 0 Å². The molecule has 0 radical (unpaired) electrons. The molecule has 0 nitrogen and oxygen atoms in total. The minimum atomic E-state index is 0.974. The van der Waals surface area contributed by atoms with Crippen LogP contribution < -0.4 is 0 Å². The molecular weight excluding hydrogens is 223 g/mol. The molecule has 54 valence electrons. The molecule has 0 bridgehead atoms. The lowest BCUT2D eigenvalue weighted by Crippen LogP contribution is -2.27. The van der Waals surface area contributed by atoms with Crippen LogP contribution in [0, 0.1) is 17.8 Å². The fraction of sp³-hybridized carbons (Fsp3) is 1.00. The fourth-order valence-corrected chi connectivity index (χ4v) is 2.27. The SMILES string of the molecule is CC1CC(C(C)CI)C1. The Morgan fingerprint density at radius 2 is 2.11 bits per heavy atom. The standard InChI is InChI=1S/C8H15I/c1-6-3-8(4-6)7(2)5-9/h6-8H,3-5H2,1-2H3. The van der Waals surface area contributed by atoms with Crippen LogP contribution in [0.15, 0.2) is 0 Å². The molecule has 0 saturated heterocycles. The second-order valence-electron chi connectivity index (χ2n) is 3.47. The molecule has 0 amide bonds. The summed E-state index contributed by atoms with van der Waals surface area (Å²) in [5.74, 6) is 3.07. The minimum absolute atomic E-state index is 0.974. The summed E-state index contributed by atoms with van der Waals surface area (Å²) < 4.78 is 1.34. The van der Waals surface area contributed by atoms with Crippen LogP contribution in [0.3, 0.4) is 0 Å². The molecule has 1 saturated carbocycles. The van der Waals surface area contributed by atoms with Crippen LogP contribution in [0.5, 0.6) is 0 Å². The molecule has 0 aliphatic heterocycles. The predicted octanol–water partition coefficient (Wildman–Crippen LogP) is 3.10. The zero-order chi connectivity index (χ0) is 6.85. The lowest BCUT2D eigenvalue weighted by molar-refractivity contribution is 0.160. The van der Waals surface area contributed by atoms with Crippen molar-refractivity contribution in [2.24, 2.45) is 17.8 Å². The van der Waals surface area contributed by atoms with E-state index in [4.69, 9.17) is 0 Å². The van der Waals surface area contributed by atoms with E-state index in [1.165, 1.54) is 17.3 Å². The van der Waals surface area contributed by atoms with Crippen LogP contribution in [0.4, 0.5) is 0 Å². The summed E-state index contributed by atoms with van der Waals surface area (Å²) in [4.78, 5) is 0. The van der Waals surface area contributed by atoms with Gasteiger partial charge >= 0.3 is 0 Å². The van der Waals surface area contributed by atoms with Gasteiger partial charge in [0.25, 0.3) is 0 Å². The molecule has 0 aromatic heterocycles. The van der Waals surface area contributed by atoms with Gasteiger partial charge in [0.05, 0.1) is 0 Å². The Morgan fingerprint density at radius 3 is 2.44 bits per heavy atom. The van der Waals surface area contributed by atoms with Crippen molar-refractivity contribution in [3.8, 4) is 0 Å². The Morgan fingerprint density at radius 1 is 1.56 bits per heavy atom. The van der Waals surface area contributed by atoms with Gasteiger partial charge in [0.15, 0.2) is 0 Å². The van der Waals surface area contributed by atoms with E-state index in [2.05, 4.69) is 36.4 Å². The van der Waals surface area contributed by atoms with Crippen LogP contribution in [-0.4, -0.2) is 4.43 Å². The van der Waals surface area contributed by atoms with E-state index >= 15 is 0 Å². The van der Waals surface area contributed by atoms with Gasteiger partial charge in [0, 0.05) is 4.43 Å². The quantitative estimate of drug-likeness (QED) is 0.512. The van der Waals surface area contributed by atoms with Gasteiger partial charge in [-0.05, 0) is 30.6 Å². The maximum atomic E-state index is 2.49. The first kappa shape index (κ1) is 7.83. The van der Waals surface area contributed by atoms with Crippen LogP contribution in [-0.2, 0) is 0 Å². The maximum Gasteiger partial charge on any atom is 0.00237 e. The smallest absolute Gasteiger partial charge is 0.00237 e. The molecule has 0 spiro atoms.